The Hall–Kier alpha value is -2.29. The van der Waals surface area contributed by atoms with Gasteiger partial charge in [0.05, 0.1) is 5.69 Å². The van der Waals surface area contributed by atoms with E-state index in [0.29, 0.717) is 32.6 Å². The Balaban J connectivity index is 1.77. The number of hydrogen-bond acceptors (Lipinski definition) is 6. The molecule has 156 valence electrons. The van der Waals surface area contributed by atoms with Gasteiger partial charge in [0.1, 0.15) is 11.3 Å². The van der Waals surface area contributed by atoms with E-state index in [0.717, 1.165) is 17.2 Å². The highest BCUT2D eigenvalue weighted by Crippen LogP contribution is 2.35. The van der Waals surface area contributed by atoms with Crippen molar-refractivity contribution in [3.8, 4) is 0 Å². The number of carbonyl (C=O) groups excluding carboxylic acids is 2. The highest BCUT2D eigenvalue weighted by molar-refractivity contribution is 5.98. The Morgan fingerprint density at radius 3 is 2.29 bits per heavy atom. The molecule has 3 rings (SSSR count). The van der Waals surface area contributed by atoms with Gasteiger partial charge in [0, 0.05) is 45.2 Å². The monoisotopic (exact) mass is 392 g/mol. The van der Waals surface area contributed by atoms with E-state index in [2.05, 4.69) is 15.4 Å². The van der Waals surface area contributed by atoms with Crippen LogP contribution in [-0.2, 0) is 16.6 Å². The summed E-state index contributed by atoms with van der Waals surface area (Å²) in [6.07, 6.45) is 0.149. The third-order valence-corrected chi connectivity index (χ3v) is 5.00. The SMILES string of the molecule is Cc1c(N2NC(C)(C)CC2=O)c(N2CCN(C(=O)OC(C)(C)C)CC2)nn1C. The second-order valence-corrected chi connectivity index (χ2v) is 9.24. The van der Waals surface area contributed by atoms with Crippen LogP contribution in [0.3, 0.4) is 0 Å². The fraction of sp³-hybridized carbons (Fsp3) is 0.737. The molecule has 2 fully saturated rings. The minimum Gasteiger partial charge on any atom is -0.444 e. The average Bonchev–Trinajstić information content (AvgIpc) is 3.01. The quantitative estimate of drug-likeness (QED) is 0.826. The lowest BCUT2D eigenvalue weighted by atomic mass is 10.0. The second-order valence-electron chi connectivity index (χ2n) is 9.24. The van der Waals surface area contributed by atoms with Crippen molar-refractivity contribution < 1.29 is 14.3 Å². The van der Waals surface area contributed by atoms with Gasteiger partial charge < -0.3 is 14.5 Å². The molecular formula is C19H32N6O3. The van der Waals surface area contributed by atoms with Crippen molar-refractivity contribution in [3.05, 3.63) is 5.69 Å². The van der Waals surface area contributed by atoms with Gasteiger partial charge >= 0.3 is 6.09 Å². The first kappa shape index (κ1) is 20.4. The molecule has 2 amide bonds. The van der Waals surface area contributed by atoms with E-state index in [1.165, 1.54) is 0 Å². The molecule has 1 aromatic heterocycles. The van der Waals surface area contributed by atoms with Crippen molar-refractivity contribution in [3.63, 3.8) is 0 Å². The van der Waals surface area contributed by atoms with Crippen LogP contribution in [0, 0.1) is 6.92 Å². The molecule has 28 heavy (non-hydrogen) atoms. The summed E-state index contributed by atoms with van der Waals surface area (Å²) in [7, 11) is 1.88. The smallest absolute Gasteiger partial charge is 0.410 e. The van der Waals surface area contributed by atoms with E-state index >= 15 is 0 Å². The fourth-order valence-corrected chi connectivity index (χ4v) is 3.52. The summed E-state index contributed by atoms with van der Waals surface area (Å²) in [6.45, 7) is 14.0. The van der Waals surface area contributed by atoms with E-state index in [4.69, 9.17) is 4.74 Å². The number of hydrogen-bond donors (Lipinski definition) is 1. The van der Waals surface area contributed by atoms with Crippen LogP contribution in [-0.4, -0.2) is 64.0 Å². The van der Waals surface area contributed by atoms with E-state index in [-0.39, 0.29) is 17.5 Å². The summed E-state index contributed by atoms with van der Waals surface area (Å²) in [4.78, 5) is 28.8. The molecule has 9 nitrogen and oxygen atoms in total. The first-order valence-corrected chi connectivity index (χ1v) is 9.75. The third kappa shape index (κ3) is 4.09. The zero-order valence-electron chi connectivity index (χ0n) is 18.0. The molecule has 3 heterocycles. The van der Waals surface area contributed by atoms with Crippen LogP contribution in [0.4, 0.5) is 16.3 Å². The lowest BCUT2D eigenvalue weighted by Crippen LogP contribution is -2.51. The first-order valence-electron chi connectivity index (χ1n) is 9.75. The molecule has 2 aliphatic heterocycles. The van der Waals surface area contributed by atoms with Crippen molar-refractivity contribution >= 4 is 23.5 Å². The second kappa shape index (κ2) is 6.95. The Kier molecular flexibility index (Phi) is 5.07. The molecule has 0 saturated carbocycles. The van der Waals surface area contributed by atoms with Gasteiger partial charge in [-0.25, -0.2) is 15.2 Å². The molecule has 0 radical (unpaired) electrons. The van der Waals surface area contributed by atoms with Crippen molar-refractivity contribution in [2.45, 2.75) is 59.1 Å². The number of aromatic nitrogens is 2. The maximum absolute atomic E-state index is 12.6. The number of hydrazine groups is 1. The Morgan fingerprint density at radius 2 is 1.79 bits per heavy atom. The van der Waals surface area contributed by atoms with Crippen LogP contribution in [0.25, 0.3) is 0 Å². The molecule has 1 N–H and O–H groups in total. The number of ether oxygens (including phenoxy) is 1. The number of nitrogens with zero attached hydrogens (tertiary/aromatic N) is 5. The molecule has 2 saturated heterocycles. The summed E-state index contributed by atoms with van der Waals surface area (Å²) in [5, 5.41) is 6.30. The predicted octanol–water partition coefficient (Wildman–Crippen LogP) is 1.81. The molecule has 0 unspecified atom stereocenters. The third-order valence-electron chi connectivity index (χ3n) is 5.00. The maximum Gasteiger partial charge on any atom is 0.410 e. The molecule has 1 aromatic rings. The van der Waals surface area contributed by atoms with Crippen LogP contribution < -0.4 is 15.3 Å². The molecule has 9 heteroatoms. The van der Waals surface area contributed by atoms with Crippen molar-refractivity contribution in [2.24, 2.45) is 7.05 Å². The van der Waals surface area contributed by atoms with E-state index in [1.54, 1.807) is 14.6 Å². The van der Waals surface area contributed by atoms with E-state index in [9.17, 15) is 9.59 Å². The summed E-state index contributed by atoms with van der Waals surface area (Å²) in [6, 6.07) is 0. The highest BCUT2D eigenvalue weighted by Gasteiger charge is 2.40. The van der Waals surface area contributed by atoms with Crippen molar-refractivity contribution in [1.82, 2.24) is 20.1 Å². The van der Waals surface area contributed by atoms with Gasteiger partial charge in [0.15, 0.2) is 5.82 Å². The van der Waals surface area contributed by atoms with Gasteiger partial charge in [0.25, 0.3) is 0 Å². The Labute approximate surface area is 166 Å². The van der Waals surface area contributed by atoms with Crippen molar-refractivity contribution in [2.75, 3.05) is 36.1 Å². The average molecular weight is 393 g/mol. The standard InChI is InChI=1S/C19H32N6O3/c1-13-15(25-14(26)12-19(5,6)21-25)16(20-22(13)7)23-8-10-24(11-9-23)17(27)28-18(2,3)4/h21H,8-12H2,1-7H3. The molecule has 0 atom stereocenters. The fourth-order valence-electron chi connectivity index (χ4n) is 3.52. The number of nitrogens with one attached hydrogen (secondary N) is 1. The molecule has 0 aromatic carbocycles. The van der Waals surface area contributed by atoms with Crippen LogP contribution in [0.1, 0.15) is 46.7 Å². The van der Waals surface area contributed by atoms with Gasteiger partial charge in [-0.05, 0) is 41.5 Å². The summed E-state index contributed by atoms with van der Waals surface area (Å²) in [5.41, 5.74) is 4.23. The van der Waals surface area contributed by atoms with Gasteiger partial charge in [-0.15, -0.1) is 0 Å². The lowest BCUT2D eigenvalue weighted by molar-refractivity contribution is -0.117. The number of carbonyl (C=O) groups is 2. The minimum absolute atomic E-state index is 0.0368. The molecular weight excluding hydrogens is 360 g/mol. The topological polar surface area (TPSA) is 82.9 Å². The van der Waals surface area contributed by atoms with Crippen LogP contribution in [0.2, 0.25) is 0 Å². The zero-order valence-corrected chi connectivity index (χ0v) is 18.0. The molecule has 2 aliphatic rings. The predicted molar refractivity (Wildman–Crippen MR) is 107 cm³/mol. The Morgan fingerprint density at radius 1 is 1.18 bits per heavy atom. The minimum atomic E-state index is -0.506. The number of aryl methyl sites for hydroxylation is 1. The largest absolute Gasteiger partial charge is 0.444 e. The number of rotatable bonds is 2. The van der Waals surface area contributed by atoms with Crippen LogP contribution in [0.5, 0.6) is 0 Å². The number of amides is 2. The maximum atomic E-state index is 12.6. The summed E-state index contributed by atoms with van der Waals surface area (Å²) >= 11 is 0. The van der Waals surface area contributed by atoms with Gasteiger partial charge in [-0.2, -0.15) is 5.10 Å². The highest BCUT2D eigenvalue weighted by atomic mass is 16.6. The Bertz CT molecular complexity index is 771. The van der Waals surface area contributed by atoms with Gasteiger partial charge in [0.2, 0.25) is 5.91 Å². The lowest BCUT2D eigenvalue weighted by Gasteiger charge is -2.36. The van der Waals surface area contributed by atoms with Gasteiger partial charge in [-0.3, -0.25) is 9.48 Å². The van der Waals surface area contributed by atoms with Crippen LogP contribution >= 0.6 is 0 Å². The number of piperazine rings is 1. The molecule has 0 aliphatic carbocycles. The normalized spacial score (nSPS) is 20.1. The van der Waals surface area contributed by atoms with Crippen molar-refractivity contribution in [1.29, 1.82) is 0 Å². The van der Waals surface area contributed by atoms with E-state index in [1.807, 2.05) is 48.6 Å². The first-order chi connectivity index (χ1) is 12.9. The summed E-state index contributed by atoms with van der Waals surface area (Å²) < 4.78 is 7.27. The molecule has 0 spiro atoms. The number of anilines is 2. The summed E-state index contributed by atoms with van der Waals surface area (Å²) in [5.74, 6) is 0.803. The van der Waals surface area contributed by atoms with Crippen LogP contribution in [0.15, 0.2) is 0 Å². The van der Waals surface area contributed by atoms with Gasteiger partial charge in [-0.1, -0.05) is 0 Å². The molecule has 0 bridgehead atoms. The zero-order chi connectivity index (χ0) is 20.9. The van der Waals surface area contributed by atoms with E-state index < -0.39 is 5.60 Å².